The Bertz CT molecular complexity index is 272. The topological polar surface area (TPSA) is 77.2 Å². The molecule has 0 saturated heterocycles. The van der Waals surface area contributed by atoms with Crippen molar-refractivity contribution in [2.24, 2.45) is 11.7 Å². The molecule has 14 heavy (non-hydrogen) atoms. The summed E-state index contributed by atoms with van der Waals surface area (Å²) in [5.74, 6) is -0.256. The molecule has 0 spiro atoms. The number of Topliss-reactive ketones (excluding diaryl/α,β-unsaturated/α-hetero) is 1. The molecule has 0 aromatic heterocycles. The van der Waals surface area contributed by atoms with Crippen molar-refractivity contribution in [3.63, 3.8) is 0 Å². The minimum absolute atomic E-state index is 0.0280. The van der Waals surface area contributed by atoms with Gasteiger partial charge in [0.25, 0.3) is 0 Å². The molecule has 0 aliphatic carbocycles. The Kier molecular flexibility index (Phi) is 5.95. The first-order valence-corrected chi connectivity index (χ1v) is 6.87. The van der Waals surface area contributed by atoms with Crippen molar-refractivity contribution < 1.29 is 13.2 Å². The summed E-state index contributed by atoms with van der Waals surface area (Å²) in [7, 11) is -3.04. The molecule has 1 atom stereocenters. The van der Waals surface area contributed by atoms with Crippen LogP contribution in [0.1, 0.15) is 26.2 Å². The molecule has 0 aliphatic heterocycles. The average Bonchev–Trinajstić information content (AvgIpc) is 2.09. The van der Waals surface area contributed by atoms with Gasteiger partial charge in [0.05, 0.1) is 5.75 Å². The van der Waals surface area contributed by atoms with Crippen LogP contribution in [0.4, 0.5) is 0 Å². The van der Waals surface area contributed by atoms with Gasteiger partial charge in [-0.15, -0.1) is 0 Å². The van der Waals surface area contributed by atoms with Gasteiger partial charge in [0, 0.05) is 25.1 Å². The zero-order valence-electron chi connectivity index (χ0n) is 8.82. The lowest BCUT2D eigenvalue weighted by atomic mass is 9.97. The van der Waals surface area contributed by atoms with Gasteiger partial charge in [0.15, 0.2) is 0 Å². The smallest absolute Gasteiger partial charge is 0.147 e. The largest absolute Gasteiger partial charge is 0.330 e. The van der Waals surface area contributed by atoms with E-state index in [9.17, 15) is 13.2 Å². The van der Waals surface area contributed by atoms with E-state index in [4.69, 9.17) is 5.73 Å². The third kappa shape index (κ3) is 6.10. The second-order valence-electron chi connectivity index (χ2n) is 3.57. The Morgan fingerprint density at radius 1 is 1.43 bits per heavy atom. The van der Waals surface area contributed by atoms with Gasteiger partial charge in [-0.2, -0.15) is 0 Å². The zero-order chi connectivity index (χ0) is 11.2. The maximum Gasteiger partial charge on any atom is 0.147 e. The van der Waals surface area contributed by atoms with Gasteiger partial charge >= 0.3 is 0 Å². The minimum atomic E-state index is -3.04. The number of hydrogen-bond acceptors (Lipinski definition) is 4. The van der Waals surface area contributed by atoms with Crippen LogP contribution < -0.4 is 5.73 Å². The molecular weight excluding hydrogens is 202 g/mol. The van der Waals surface area contributed by atoms with Crippen molar-refractivity contribution in [3.05, 3.63) is 0 Å². The standard InChI is InChI=1S/C9H19NO3S/c1-3-4-8(7-10)9(11)5-6-14(2,12)13/h8H,3-7,10H2,1-2H3. The number of carbonyl (C=O) groups is 1. The van der Waals surface area contributed by atoms with E-state index in [1.165, 1.54) is 0 Å². The first-order chi connectivity index (χ1) is 6.40. The Morgan fingerprint density at radius 2 is 2.00 bits per heavy atom. The van der Waals surface area contributed by atoms with Crippen molar-refractivity contribution in [2.75, 3.05) is 18.6 Å². The van der Waals surface area contributed by atoms with Gasteiger partial charge < -0.3 is 5.73 Å². The molecular formula is C9H19NO3S. The highest BCUT2D eigenvalue weighted by Crippen LogP contribution is 2.08. The molecule has 0 bridgehead atoms. The lowest BCUT2D eigenvalue weighted by Gasteiger charge is -2.11. The predicted molar refractivity (Wildman–Crippen MR) is 56.8 cm³/mol. The summed E-state index contributed by atoms with van der Waals surface area (Å²) in [5.41, 5.74) is 5.43. The first kappa shape index (κ1) is 13.6. The number of ketones is 1. The summed E-state index contributed by atoms with van der Waals surface area (Å²) in [6.45, 7) is 2.29. The molecule has 0 rings (SSSR count). The molecule has 0 saturated carbocycles. The van der Waals surface area contributed by atoms with E-state index in [0.29, 0.717) is 6.54 Å². The fourth-order valence-electron chi connectivity index (χ4n) is 1.25. The van der Waals surface area contributed by atoms with Crippen molar-refractivity contribution >= 4 is 15.6 Å². The van der Waals surface area contributed by atoms with Gasteiger partial charge in [0.1, 0.15) is 15.6 Å². The van der Waals surface area contributed by atoms with E-state index < -0.39 is 9.84 Å². The second kappa shape index (κ2) is 6.14. The summed E-state index contributed by atoms with van der Waals surface area (Å²) >= 11 is 0. The van der Waals surface area contributed by atoms with Crippen LogP contribution in [-0.2, 0) is 14.6 Å². The molecule has 0 amide bonds. The van der Waals surface area contributed by atoms with Crippen molar-refractivity contribution in [1.29, 1.82) is 0 Å². The van der Waals surface area contributed by atoms with Crippen LogP contribution in [0.15, 0.2) is 0 Å². The molecule has 0 heterocycles. The maximum atomic E-state index is 11.5. The van der Waals surface area contributed by atoms with E-state index in [0.717, 1.165) is 19.1 Å². The second-order valence-corrected chi connectivity index (χ2v) is 5.83. The third-order valence-corrected chi connectivity index (χ3v) is 3.04. The van der Waals surface area contributed by atoms with Crippen molar-refractivity contribution in [3.8, 4) is 0 Å². The van der Waals surface area contributed by atoms with Gasteiger partial charge in [-0.1, -0.05) is 13.3 Å². The van der Waals surface area contributed by atoms with Crippen LogP contribution in [-0.4, -0.2) is 32.8 Å². The minimum Gasteiger partial charge on any atom is -0.330 e. The molecule has 2 N–H and O–H groups in total. The molecule has 0 aromatic carbocycles. The highest BCUT2D eigenvalue weighted by Gasteiger charge is 2.17. The SMILES string of the molecule is CCCC(CN)C(=O)CCS(C)(=O)=O. The Balaban J connectivity index is 4.05. The highest BCUT2D eigenvalue weighted by atomic mass is 32.2. The lowest BCUT2D eigenvalue weighted by molar-refractivity contribution is -0.122. The van der Waals surface area contributed by atoms with Crippen LogP contribution in [0.5, 0.6) is 0 Å². The van der Waals surface area contributed by atoms with Crippen LogP contribution in [0.3, 0.4) is 0 Å². The fraction of sp³-hybridized carbons (Fsp3) is 0.889. The normalized spacial score (nSPS) is 13.9. The van der Waals surface area contributed by atoms with Crippen LogP contribution in [0, 0.1) is 5.92 Å². The van der Waals surface area contributed by atoms with E-state index in [-0.39, 0.29) is 23.9 Å². The van der Waals surface area contributed by atoms with Crippen LogP contribution in [0.2, 0.25) is 0 Å². The summed E-state index contributed by atoms with van der Waals surface area (Å²) in [4.78, 5) is 11.5. The third-order valence-electron chi connectivity index (χ3n) is 2.10. The Hall–Kier alpha value is -0.420. The van der Waals surface area contributed by atoms with Crippen LogP contribution in [0.25, 0.3) is 0 Å². The van der Waals surface area contributed by atoms with Gasteiger partial charge in [-0.05, 0) is 6.42 Å². The monoisotopic (exact) mass is 221 g/mol. The predicted octanol–water partition coefficient (Wildman–Crippen LogP) is 0.365. The van der Waals surface area contributed by atoms with Gasteiger partial charge in [-0.25, -0.2) is 8.42 Å². The highest BCUT2D eigenvalue weighted by molar-refractivity contribution is 7.90. The number of sulfone groups is 1. The number of nitrogens with two attached hydrogens (primary N) is 1. The lowest BCUT2D eigenvalue weighted by Crippen LogP contribution is -2.25. The van der Waals surface area contributed by atoms with E-state index in [2.05, 4.69) is 0 Å². The summed E-state index contributed by atoms with van der Waals surface area (Å²) in [6, 6.07) is 0. The summed E-state index contributed by atoms with van der Waals surface area (Å²) in [5, 5.41) is 0. The van der Waals surface area contributed by atoms with Gasteiger partial charge in [0.2, 0.25) is 0 Å². The maximum absolute atomic E-state index is 11.5. The average molecular weight is 221 g/mol. The molecule has 4 nitrogen and oxygen atoms in total. The molecule has 1 unspecified atom stereocenters. The first-order valence-electron chi connectivity index (χ1n) is 4.81. The summed E-state index contributed by atoms with van der Waals surface area (Å²) in [6.07, 6.45) is 2.88. The van der Waals surface area contributed by atoms with Crippen molar-refractivity contribution in [2.45, 2.75) is 26.2 Å². The molecule has 0 fully saturated rings. The quantitative estimate of drug-likeness (QED) is 0.673. The van der Waals surface area contributed by atoms with Gasteiger partial charge in [-0.3, -0.25) is 4.79 Å². The van der Waals surface area contributed by atoms with Crippen molar-refractivity contribution in [1.82, 2.24) is 0 Å². The van der Waals surface area contributed by atoms with E-state index in [1.807, 2.05) is 6.92 Å². The van der Waals surface area contributed by atoms with E-state index in [1.54, 1.807) is 0 Å². The van der Waals surface area contributed by atoms with E-state index >= 15 is 0 Å². The molecule has 5 heteroatoms. The summed E-state index contributed by atoms with van der Waals surface area (Å²) < 4.78 is 21.6. The molecule has 0 aliphatic rings. The number of rotatable bonds is 7. The zero-order valence-corrected chi connectivity index (χ0v) is 9.64. The Labute approximate surface area is 85.8 Å². The number of carbonyl (C=O) groups excluding carboxylic acids is 1. The van der Waals surface area contributed by atoms with Crippen LogP contribution >= 0.6 is 0 Å². The molecule has 0 radical (unpaired) electrons. The Morgan fingerprint density at radius 3 is 2.36 bits per heavy atom. The molecule has 84 valence electrons. The molecule has 0 aromatic rings. The number of hydrogen-bond donors (Lipinski definition) is 1. The fourth-order valence-corrected chi connectivity index (χ4v) is 1.82.